The Kier molecular flexibility index (Phi) is 7.73. The monoisotopic (exact) mass is 353 g/mol. The molecule has 1 aromatic rings. The van der Waals surface area contributed by atoms with Gasteiger partial charge in [-0.25, -0.2) is 13.4 Å². The summed E-state index contributed by atoms with van der Waals surface area (Å²) >= 11 is 0. The predicted octanol–water partition coefficient (Wildman–Crippen LogP) is 2.65. The molecule has 0 aromatic heterocycles. The Morgan fingerprint density at radius 3 is 2.33 bits per heavy atom. The second kappa shape index (κ2) is 9.06. The van der Waals surface area contributed by atoms with E-state index in [9.17, 15) is 8.42 Å². The van der Waals surface area contributed by atoms with E-state index in [4.69, 9.17) is 0 Å². The Morgan fingerprint density at radius 2 is 1.79 bits per heavy atom. The van der Waals surface area contributed by atoms with Crippen molar-refractivity contribution in [3.8, 4) is 0 Å². The predicted molar refractivity (Wildman–Crippen MR) is 102 cm³/mol. The second-order valence-electron chi connectivity index (χ2n) is 6.82. The molecule has 1 rings (SSSR count). The molecule has 0 fully saturated rings. The van der Waals surface area contributed by atoms with Crippen molar-refractivity contribution in [1.29, 1.82) is 0 Å². The maximum absolute atomic E-state index is 11.8. The molecule has 0 saturated heterocycles. The van der Waals surface area contributed by atoms with Gasteiger partial charge in [0.1, 0.15) is 0 Å². The van der Waals surface area contributed by atoms with Crippen molar-refractivity contribution in [2.75, 3.05) is 19.3 Å². The molecule has 0 aliphatic heterocycles. The smallest absolute Gasteiger partial charge is 0.191 e. The number of guanidine groups is 1. The Labute approximate surface area is 146 Å². The zero-order valence-electron chi connectivity index (χ0n) is 15.5. The molecular weight excluding hydrogens is 322 g/mol. The van der Waals surface area contributed by atoms with Crippen LogP contribution >= 0.6 is 0 Å². The number of aliphatic imine (C=N–C) groups is 1. The highest BCUT2D eigenvalue weighted by Gasteiger charge is 2.30. The van der Waals surface area contributed by atoms with E-state index in [1.54, 1.807) is 13.8 Å². The molecule has 1 aromatic carbocycles. The summed E-state index contributed by atoms with van der Waals surface area (Å²) < 4.78 is 22.8. The van der Waals surface area contributed by atoms with Crippen molar-refractivity contribution in [2.45, 2.75) is 51.8 Å². The van der Waals surface area contributed by atoms with Crippen LogP contribution in [0.1, 0.15) is 44.7 Å². The normalized spacial score (nSPS) is 13.0. The van der Waals surface area contributed by atoms with Crippen LogP contribution in [0.5, 0.6) is 0 Å². The molecule has 136 valence electrons. The minimum atomic E-state index is -3.14. The van der Waals surface area contributed by atoms with Gasteiger partial charge in [-0.1, -0.05) is 43.2 Å². The standard InChI is InChI=1S/C18H31N3O2S/c1-6-7-12-19-17(21-14-18(3,4)24(5,22)23)20-13-16-10-8-15(2)9-11-16/h8-11H,6-7,12-14H2,1-5H3,(H2,19,20,21). The van der Waals surface area contributed by atoms with Crippen LogP contribution in [0.4, 0.5) is 0 Å². The molecule has 5 nitrogen and oxygen atoms in total. The van der Waals surface area contributed by atoms with E-state index in [1.165, 1.54) is 11.8 Å². The van der Waals surface area contributed by atoms with Crippen LogP contribution in [-0.2, 0) is 16.4 Å². The van der Waals surface area contributed by atoms with Crippen LogP contribution in [0.15, 0.2) is 29.3 Å². The fraction of sp³-hybridized carbons (Fsp3) is 0.611. The molecule has 24 heavy (non-hydrogen) atoms. The molecule has 0 aliphatic carbocycles. The van der Waals surface area contributed by atoms with Crippen LogP contribution in [0, 0.1) is 6.92 Å². The highest BCUT2D eigenvalue weighted by atomic mass is 32.2. The average molecular weight is 354 g/mol. The van der Waals surface area contributed by atoms with Gasteiger partial charge in [-0.3, -0.25) is 0 Å². The Morgan fingerprint density at radius 1 is 1.17 bits per heavy atom. The van der Waals surface area contributed by atoms with Crippen molar-refractivity contribution in [3.63, 3.8) is 0 Å². The van der Waals surface area contributed by atoms with Crippen LogP contribution in [0.2, 0.25) is 0 Å². The Balaban J connectivity index is 2.75. The van der Waals surface area contributed by atoms with Gasteiger partial charge < -0.3 is 10.6 Å². The molecule has 0 atom stereocenters. The van der Waals surface area contributed by atoms with Crippen molar-refractivity contribution in [1.82, 2.24) is 10.6 Å². The molecule has 0 saturated carbocycles. The zero-order valence-corrected chi connectivity index (χ0v) is 16.3. The van der Waals surface area contributed by atoms with Crippen molar-refractivity contribution in [3.05, 3.63) is 35.4 Å². The summed E-state index contributed by atoms with van der Waals surface area (Å²) in [5, 5.41) is 6.44. The number of hydrogen-bond donors (Lipinski definition) is 2. The maximum atomic E-state index is 11.8. The van der Waals surface area contributed by atoms with E-state index in [-0.39, 0.29) is 0 Å². The lowest BCUT2D eigenvalue weighted by Gasteiger charge is -2.24. The van der Waals surface area contributed by atoms with E-state index in [2.05, 4.69) is 53.7 Å². The van der Waals surface area contributed by atoms with Crippen molar-refractivity contribution in [2.24, 2.45) is 4.99 Å². The third-order valence-electron chi connectivity index (χ3n) is 4.05. The summed E-state index contributed by atoms with van der Waals surface area (Å²) in [6.45, 7) is 9.32. The summed E-state index contributed by atoms with van der Waals surface area (Å²) in [5.74, 6) is 0.653. The molecule has 0 spiro atoms. The van der Waals surface area contributed by atoms with Gasteiger partial charge in [0, 0.05) is 19.3 Å². The summed E-state index contributed by atoms with van der Waals surface area (Å²) in [5.41, 5.74) is 2.34. The average Bonchev–Trinajstić information content (AvgIpc) is 2.50. The van der Waals surface area contributed by atoms with Crippen molar-refractivity contribution >= 4 is 15.8 Å². The third-order valence-corrected chi connectivity index (χ3v) is 6.20. The van der Waals surface area contributed by atoms with Gasteiger partial charge in [-0.2, -0.15) is 0 Å². The molecule has 0 aliphatic rings. The molecule has 0 bridgehead atoms. The van der Waals surface area contributed by atoms with Crippen LogP contribution < -0.4 is 10.6 Å². The van der Waals surface area contributed by atoms with Gasteiger partial charge in [0.2, 0.25) is 0 Å². The summed E-state index contributed by atoms with van der Waals surface area (Å²) in [6.07, 6.45) is 3.40. The summed E-state index contributed by atoms with van der Waals surface area (Å²) in [4.78, 5) is 4.58. The summed E-state index contributed by atoms with van der Waals surface area (Å²) in [7, 11) is -3.14. The first kappa shape index (κ1) is 20.5. The molecule has 0 radical (unpaired) electrons. The Bertz CT molecular complexity index is 635. The zero-order chi connectivity index (χ0) is 18.2. The van der Waals surface area contributed by atoms with E-state index in [0.717, 1.165) is 24.9 Å². The van der Waals surface area contributed by atoms with Gasteiger partial charge in [0.25, 0.3) is 0 Å². The number of nitrogens with zero attached hydrogens (tertiary/aromatic N) is 1. The van der Waals surface area contributed by atoms with Gasteiger partial charge >= 0.3 is 0 Å². The van der Waals surface area contributed by atoms with Gasteiger partial charge in [0.15, 0.2) is 15.8 Å². The third kappa shape index (κ3) is 6.91. The van der Waals surface area contributed by atoms with Crippen molar-refractivity contribution < 1.29 is 8.42 Å². The fourth-order valence-corrected chi connectivity index (χ4v) is 2.18. The molecule has 6 heteroatoms. The van der Waals surface area contributed by atoms with E-state index >= 15 is 0 Å². The highest BCUT2D eigenvalue weighted by Crippen LogP contribution is 2.13. The molecular formula is C18H31N3O2S. The number of nitrogens with one attached hydrogen (secondary N) is 2. The maximum Gasteiger partial charge on any atom is 0.191 e. The molecule has 2 N–H and O–H groups in total. The lowest BCUT2D eigenvalue weighted by molar-refractivity contribution is 0.544. The first-order valence-electron chi connectivity index (χ1n) is 8.43. The highest BCUT2D eigenvalue weighted by molar-refractivity contribution is 7.92. The van der Waals surface area contributed by atoms with Gasteiger partial charge in [-0.15, -0.1) is 0 Å². The number of aryl methyl sites for hydroxylation is 1. The van der Waals surface area contributed by atoms with E-state index in [1.807, 2.05) is 0 Å². The molecule has 0 heterocycles. The number of benzene rings is 1. The molecule has 0 unspecified atom stereocenters. The number of rotatable bonds is 8. The second-order valence-corrected chi connectivity index (χ2v) is 9.47. The fourth-order valence-electron chi connectivity index (χ4n) is 1.85. The lowest BCUT2D eigenvalue weighted by atomic mass is 10.1. The minimum absolute atomic E-state index is 0.317. The molecule has 0 amide bonds. The number of hydrogen-bond acceptors (Lipinski definition) is 3. The topological polar surface area (TPSA) is 70.6 Å². The van der Waals surface area contributed by atoms with Crippen LogP contribution in [-0.4, -0.2) is 38.5 Å². The van der Waals surface area contributed by atoms with Gasteiger partial charge in [0.05, 0.1) is 11.3 Å². The first-order chi connectivity index (χ1) is 11.2. The summed E-state index contributed by atoms with van der Waals surface area (Å²) in [6, 6.07) is 8.25. The quantitative estimate of drug-likeness (QED) is 0.428. The number of unbranched alkanes of at least 4 members (excludes halogenated alkanes) is 1. The van der Waals surface area contributed by atoms with E-state index in [0.29, 0.717) is 19.0 Å². The SMILES string of the molecule is CCCCNC(=NCc1ccc(C)cc1)NCC(C)(C)S(C)(=O)=O. The Hall–Kier alpha value is -1.56. The number of sulfone groups is 1. The van der Waals surface area contributed by atoms with E-state index < -0.39 is 14.6 Å². The minimum Gasteiger partial charge on any atom is -0.356 e. The van der Waals surface area contributed by atoms with Crippen LogP contribution in [0.3, 0.4) is 0 Å². The lowest BCUT2D eigenvalue weighted by Crippen LogP contribution is -2.47. The largest absolute Gasteiger partial charge is 0.356 e. The van der Waals surface area contributed by atoms with Crippen LogP contribution in [0.25, 0.3) is 0 Å². The van der Waals surface area contributed by atoms with Gasteiger partial charge in [-0.05, 0) is 32.8 Å². The first-order valence-corrected chi connectivity index (χ1v) is 10.3.